The van der Waals surface area contributed by atoms with Gasteiger partial charge < -0.3 is 14.5 Å². The van der Waals surface area contributed by atoms with Gasteiger partial charge in [0.05, 0.1) is 6.61 Å². The molecule has 0 bridgehead atoms. The van der Waals surface area contributed by atoms with Crippen molar-refractivity contribution in [2.24, 2.45) is 0 Å². The van der Waals surface area contributed by atoms with E-state index in [9.17, 15) is 4.79 Å². The fourth-order valence-corrected chi connectivity index (χ4v) is 2.22. The van der Waals surface area contributed by atoms with Crippen LogP contribution in [0, 0.1) is 20.8 Å². The summed E-state index contributed by atoms with van der Waals surface area (Å²) in [4.78, 5) is 16.4. The predicted octanol–water partition coefficient (Wildman–Crippen LogP) is 3.11. The van der Waals surface area contributed by atoms with Crippen LogP contribution in [-0.4, -0.2) is 24.7 Å². The molecule has 0 aliphatic carbocycles. The van der Waals surface area contributed by atoms with Crippen LogP contribution in [0.5, 0.6) is 0 Å². The van der Waals surface area contributed by atoms with E-state index in [1.54, 1.807) is 7.11 Å². The van der Waals surface area contributed by atoms with E-state index in [2.05, 4.69) is 15.6 Å². The number of nitrogens with zero attached hydrogens (tertiary/aromatic N) is 1. The molecule has 0 aromatic carbocycles. The molecule has 0 fully saturated rings. The van der Waals surface area contributed by atoms with Crippen LogP contribution >= 0.6 is 0 Å². The first kappa shape index (κ1) is 16.0. The third kappa shape index (κ3) is 4.33. The Hall–Kier alpha value is -2.34. The van der Waals surface area contributed by atoms with Gasteiger partial charge in [0.1, 0.15) is 23.4 Å². The Morgan fingerprint density at radius 1 is 1.32 bits per heavy atom. The molecule has 2 aromatic rings. The molecule has 2 rings (SSSR count). The van der Waals surface area contributed by atoms with Crippen LogP contribution in [0.3, 0.4) is 0 Å². The molecule has 118 valence electrons. The summed E-state index contributed by atoms with van der Waals surface area (Å²) in [5.74, 6) is 1.96. The number of furan rings is 1. The molecule has 1 atom stereocenters. The third-order valence-corrected chi connectivity index (χ3v) is 3.08. The van der Waals surface area contributed by atoms with Crippen molar-refractivity contribution >= 4 is 11.8 Å². The van der Waals surface area contributed by atoms with Gasteiger partial charge in [-0.3, -0.25) is 5.32 Å². The van der Waals surface area contributed by atoms with Gasteiger partial charge >= 0.3 is 6.03 Å². The molecule has 2 aromatic heterocycles. The summed E-state index contributed by atoms with van der Waals surface area (Å²) in [7, 11) is 1.58. The van der Waals surface area contributed by atoms with Crippen molar-refractivity contribution in [3.05, 3.63) is 47.0 Å². The van der Waals surface area contributed by atoms with Crippen LogP contribution < -0.4 is 10.6 Å². The second-order valence-corrected chi connectivity index (χ2v) is 5.23. The zero-order valence-corrected chi connectivity index (χ0v) is 13.3. The highest BCUT2D eigenvalue weighted by atomic mass is 16.5. The number of rotatable bonds is 5. The van der Waals surface area contributed by atoms with Crippen LogP contribution in [0.15, 0.2) is 28.7 Å². The second-order valence-electron chi connectivity index (χ2n) is 5.23. The summed E-state index contributed by atoms with van der Waals surface area (Å²) >= 11 is 0. The maximum atomic E-state index is 12.1. The van der Waals surface area contributed by atoms with Gasteiger partial charge in [0.25, 0.3) is 0 Å². The number of amides is 2. The van der Waals surface area contributed by atoms with Crippen LogP contribution in [0.2, 0.25) is 0 Å². The number of aryl methyl sites for hydroxylation is 3. The number of methoxy groups -OCH3 is 1. The quantitative estimate of drug-likeness (QED) is 0.890. The lowest BCUT2D eigenvalue weighted by Gasteiger charge is -2.16. The molecule has 22 heavy (non-hydrogen) atoms. The Morgan fingerprint density at radius 3 is 2.68 bits per heavy atom. The molecule has 0 saturated heterocycles. The van der Waals surface area contributed by atoms with Crippen LogP contribution in [-0.2, 0) is 4.74 Å². The molecule has 0 spiro atoms. The molecule has 2 amide bonds. The molecular weight excluding hydrogens is 282 g/mol. The van der Waals surface area contributed by atoms with E-state index in [1.165, 1.54) is 0 Å². The molecule has 0 unspecified atom stereocenters. The molecule has 2 N–H and O–H groups in total. The summed E-state index contributed by atoms with van der Waals surface area (Å²) in [6.07, 6.45) is 0. The zero-order valence-electron chi connectivity index (χ0n) is 13.3. The minimum absolute atomic E-state index is 0.320. The average molecular weight is 303 g/mol. The van der Waals surface area contributed by atoms with Gasteiger partial charge in [-0.05, 0) is 50.6 Å². The maximum Gasteiger partial charge on any atom is 0.321 e. The Bertz CT molecular complexity index is 632. The summed E-state index contributed by atoms with van der Waals surface area (Å²) in [6.45, 7) is 6.01. The number of pyridine rings is 1. The SMILES string of the molecule is COC[C@@H](NC(=O)Nc1cc(C)cc(C)n1)c1ccc(C)o1. The van der Waals surface area contributed by atoms with Crippen LogP contribution in [0.25, 0.3) is 0 Å². The minimum Gasteiger partial charge on any atom is -0.464 e. The van der Waals surface area contributed by atoms with Crippen molar-refractivity contribution in [3.8, 4) is 0 Å². The molecule has 0 aliphatic heterocycles. The number of ether oxygens (including phenoxy) is 1. The zero-order chi connectivity index (χ0) is 16.1. The monoisotopic (exact) mass is 303 g/mol. The summed E-state index contributed by atoms with van der Waals surface area (Å²) in [5, 5.41) is 5.56. The van der Waals surface area contributed by atoms with Gasteiger partial charge in [-0.15, -0.1) is 0 Å². The van der Waals surface area contributed by atoms with E-state index in [1.807, 2.05) is 45.0 Å². The first-order valence-corrected chi connectivity index (χ1v) is 7.06. The minimum atomic E-state index is -0.357. The largest absolute Gasteiger partial charge is 0.464 e. The fraction of sp³-hybridized carbons (Fsp3) is 0.375. The Balaban J connectivity index is 2.04. The summed E-state index contributed by atoms with van der Waals surface area (Å²) < 4.78 is 10.7. The van der Waals surface area contributed by atoms with Crippen molar-refractivity contribution in [2.75, 3.05) is 19.0 Å². The molecule has 0 radical (unpaired) electrons. The van der Waals surface area contributed by atoms with Crippen LogP contribution in [0.4, 0.5) is 10.6 Å². The predicted molar refractivity (Wildman–Crippen MR) is 83.9 cm³/mol. The lowest BCUT2D eigenvalue weighted by Crippen LogP contribution is -2.34. The first-order chi connectivity index (χ1) is 10.5. The number of carbonyl (C=O) groups is 1. The smallest absolute Gasteiger partial charge is 0.321 e. The van der Waals surface area contributed by atoms with Crippen molar-refractivity contribution in [3.63, 3.8) is 0 Å². The van der Waals surface area contributed by atoms with Gasteiger partial charge in [-0.1, -0.05) is 0 Å². The number of nitrogens with one attached hydrogen (secondary N) is 2. The number of aromatic nitrogens is 1. The van der Waals surface area contributed by atoms with E-state index in [0.717, 1.165) is 17.0 Å². The molecule has 0 aliphatic rings. The lowest BCUT2D eigenvalue weighted by atomic mass is 10.2. The number of hydrogen-bond acceptors (Lipinski definition) is 4. The van der Waals surface area contributed by atoms with Gasteiger partial charge in [-0.25, -0.2) is 9.78 Å². The average Bonchev–Trinajstić information content (AvgIpc) is 2.83. The lowest BCUT2D eigenvalue weighted by molar-refractivity contribution is 0.158. The summed E-state index contributed by atoms with van der Waals surface area (Å²) in [6, 6.07) is 6.73. The fourth-order valence-electron chi connectivity index (χ4n) is 2.22. The number of anilines is 1. The normalized spacial score (nSPS) is 12.0. The van der Waals surface area contributed by atoms with E-state index < -0.39 is 0 Å². The van der Waals surface area contributed by atoms with Crippen molar-refractivity contribution in [1.29, 1.82) is 0 Å². The standard InChI is InChI=1S/C16H21N3O3/c1-10-7-11(2)17-15(8-10)19-16(20)18-13(9-21-4)14-6-5-12(3)22-14/h5-8,13H,9H2,1-4H3,(H2,17,18,19,20)/t13-/m1/s1. The van der Waals surface area contributed by atoms with Gasteiger partial charge in [-0.2, -0.15) is 0 Å². The molecule has 6 nitrogen and oxygen atoms in total. The van der Waals surface area contributed by atoms with Crippen molar-refractivity contribution in [2.45, 2.75) is 26.8 Å². The van der Waals surface area contributed by atoms with E-state index in [4.69, 9.17) is 9.15 Å². The summed E-state index contributed by atoms with van der Waals surface area (Å²) in [5.41, 5.74) is 1.89. The number of hydrogen-bond donors (Lipinski definition) is 2. The Labute approximate surface area is 129 Å². The molecular formula is C16H21N3O3. The van der Waals surface area contributed by atoms with Gasteiger partial charge in [0.2, 0.25) is 0 Å². The topological polar surface area (TPSA) is 76.4 Å². The van der Waals surface area contributed by atoms with Crippen molar-refractivity contribution < 1.29 is 13.9 Å². The molecule has 0 saturated carbocycles. The van der Waals surface area contributed by atoms with E-state index in [-0.39, 0.29) is 12.1 Å². The van der Waals surface area contributed by atoms with Crippen molar-refractivity contribution in [1.82, 2.24) is 10.3 Å². The highest BCUT2D eigenvalue weighted by Crippen LogP contribution is 2.17. The highest BCUT2D eigenvalue weighted by Gasteiger charge is 2.18. The molecule has 2 heterocycles. The third-order valence-electron chi connectivity index (χ3n) is 3.08. The first-order valence-electron chi connectivity index (χ1n) is 7.06. The van der Waals surface area contributed by atoms with E-state index >= 15 is 0 Å². The second kappa shape index (κ2) is 7.09. The Morgan fingerprint density at radius 2 is 2.09 bits per heavy atom. The van der Waals surface area contributed by atoms with Gasteiger partial charge in [0.15, 0.2) is 0 Å². The number of carbonyl (C=O) groups excluding carboxylic acids is 1. The Kier molecular flexibility index (Phi) is 5.16. The highest BCUT2D eigenvalue weighted by molar-refractivity contribution is 5.88. The maximum absolute atomic E-state index is 12.1. The van der Waals surface area contributed by atoms with E-state index in [0.29, 0.717) is 18.2 Å². The van der Waals surface area contributed by atoms with Gasteiger partial charge in [0, 0.05) is 12.8 Å². The van der Waals surface area contributed by atoms with Crippen LogP contribution in [0.1, 0.15) is 28.8 Å². The molecule has 6 heteroatoms. The number of urea groups is 1.